The number of amides is 1. The maximum absolute atomic E-state index is 13.8. The van der Waals surface area contributed by atoms with Crippen LogP contribution in [0.5, 0.6) is 11.6 Å². The number of benzene rings is 2. The zero-order valence-corrected chi connectivity index (χ0v) is 18.3. The highest BCUT2D eigenvalue weighted by Crippen LogP contribution is 2.37. The second-order valence-corrected chi connectivity index (χ2v) is 8.50. The molecule has 3 aromatic rings. The van der Waals surface area contributed by atoms with Gasteiger partial charge in [0.25, 0.3) is 11.8 Å². The molecule has 0 bridgehead atoms. The summed E-state index contributed by atoms with van der Waals surface area (Å²) in [5, 5.41) is -0.269. The van der Waals surface area contributed by atoms with Crippen LogP contribution in [0.3, 0.4) is 0 Å². The monoisotopic (exact) mass is 495 g/mol. The van der Waals surface area contributed by atoms with Crippen LogP contribution in [-0.4, -0.2) is 20.2 Å². The molecule has 0 N–H and O–H groups in total. The van der Waals surface area contributed by atoms with Gasteiger partial charge < -0.3 is 4.74 Å². The van der Waals surface area contributed by atoms with Gasteiger partial charge in [0, 0.05) is 0 Å². The molecule has 2 aromatic carbocycles. The van der Waals surface area contributed by atoms with Gasteiger partial charge in [-0.05, 0) is 53.6 Å². The van der Waals surface area contributed by atoms with Crippen molar-refractivity contribution in [2.75, 3.05) is 4.90 Å². The van der Waals surface area contributed by atoms with E-state index in [1.54, 1.807) is 30.3 Å². The Balaban J connectivity index is 1.59. The number of nitrogens with zero attached hydrogens (tertiary/aromatic N) is 3. The van der Waals surface area contributed by atoms with Gasteiger partial charge in [-0.25, -0.2) is 9.37 Å². The Bertz CT molecular complexity index is 1260. The number of carbonyl (C=O) groups is 1. The van der Waals surface area contributed by atoms with Crippen LogP contribution in [0, 0.1) is 11.6 Å². The third-order valence-electron chi connectivity index (χ3n) is 4.01. The second kappa shape index (κ2) is 8.88. The Hall–Kier alpha value is -2.59. The number of aromatic nitrogens is 2. The van der Waals surface area contributed by atoms with Crippen molar-refractivity contribution >= 4 is 69.2 Å². The first-order chi connectivity index (χ1) is 14.8. The largest absolute Gasteiger partial charge is 0.436 e. The van der Waals surface area contributed by atoms with E-state index < -0.39 is 11.6 Å². The molecule has 1 aromatic heterocycles. The molecule has 31 heavy (non-hydrogen) atoms. The van der Waals surface area contributed by atoms with Gasteiger partial charge in [0.1, 0.15) is 11.6 Å². The lowest BCUT2D eigenvalue weighted by Crippen LogP contribution is -2.27. The summed E-state index contributed by atoms with van der Waals surface area (Å²) in [6.07, 6.45) is 2.52. The predicted octanol–water partition coefficient (Wildman–Crippen LogP) is 6.26. The van der Waals surface area contributed by atoms with Gasteiger partial charge in [-0.1, -0.05) is 47.7 Å². The number of carbonyl (C=O) groups excluding carboxylic acids is 1. The Labute approximate surface area is 194 Å². The number of hydrogen-bond acceptors (Lipinski definition) is 6. The Kier molecular flexibility index (Phi) is 6.19. The molecular formula is C20H9Cl2F2N3O2S2. The van der Waals surface area contributed by atoms with Crippen LogP contribution in [0.2, 0.25) is 10.3 Å². The van der Waals surface area contributed by atoms with Gasteiger partial charge in [0.2, 0.25) is 11.1 Å². The number of rotatable bonds is 4. The van der Waals surface area contributed by atoms with Crippen LogP contribution in [0.4, 0.5) is 14.5 Å². The smallest absolute Gasteiger partial charge is 0.270 e. The van der Waals surface area contributed by atoms with Gasteiger partial charge in [-0.2, -0.15) is 9.37 Å². The zero-order chi connectivity index (χ0) is 22.1. The van der Waals surface area contributed by atoms with E-state index in [1.165, 1.54) is 23.1 Å². The molecule has 1 saturated heterocycles. The van der Waals surface area contributed by atoms with Crippen molar-refractivity contribution in [1.29, 1.82) is 0 Å². The summed E-state index contributed by atoms with van der Waals surface area (Å²) in [7, 11) is 0. The van der Waals surface area contributed by atoms with Crippen LogP contribution in [0.1, 0.15) is 5.56 Å². The van der Waals surface area contributed by atoms with E-state index in [2.05, 4.69) is 9.97 Å². The number of thioether (sulfide) groups is 1. The zero-order valence-electron chi connectivity index (χ0n) is 15.2. The van der Waals surface area contributed by atoms with E-state index in [4.69, 9.17) is 40.2 Å². The highest BCUT2D eigenvalue weighted by molar-refractivity contribution is 8.27. The minimum atomic E-state index is -0.770. The lowest BCUT2D eigenvalue weighted by atomic mass is 10.2. The lowest BCUT2D eigenvalue weighted by Gasteiger charge is -2.14. The molecule has 0 radical (unpaired) electrons. The third-order valence-corrected chi connectivity index (χ3v) is 5.78. The van der Waals surface area contributed by atoms with Crippen molar-refractivity contribution in [3.05, 3.63) is 81.1 Å². The summed E-state index contributed by atoms with van der Waals surface area (Å²) in [5.41, 5.74) is 0.973. The fourth-order valence-electron chi connectivity index (χ4n) is 2.65. The molecule has 1 fully saturated rings. The molecule has 11 heteroatoms. The molecule has 1 aliphatic heterocycles. The summed E-state index contributed by atoms with van der Waals surface area (Å²) in [4.78, 5) is 21.7. The quantitative estimate of drug-likeness (QED) is 0.242. The molecule has 1 amide bonds. The van der Waals surface area contributed by atoms with Crippen molar-refractivity contribution in [1.82, 2.24) is 9.97 Å². The number of anilines is 1. The molecule has 5 nitrogen and oxygen atoms in total. The van der Waals surface area contributed by atoms with Crippen molar-refractivity contribution in [2.24, 2.45) is 0 Å². The van der Waals surface area contributed by atoms with Crippen LogP contribution >= 0.6 is 47.2 Å². The molecule has 156 valence electrons. The summed E-state index contributed by atoms with van der Waals surface area (Å²) in [6.45, 7) is 0. The highest BCUT2D eigenvalue weighted by Gasteiger charge is 2.33. The first kappa shape index (κ1) is 21.6. The van der Waals surface area contributed by atoms with Crippen molar-refractivity contribution < 1.29 is 18.3 Å². The van der Waals surface area contributed by atoms with Crippen LogP contribution < -0.4 is 9.64 Å². The number of halogens is 4. The van der Waals surface area contributed by atoms with Gasteiger partial charge >= 0.3 is 0 Å². The SMILES string of the molecule is O=C1/C(=C\c2cccc(Oc3nc(Cl)ncc3F)c2)SC(=S)N1c1ccc(F)c(Cl)c1. The van der Waals surface area contributed by atoms with Gasteiger partial charge in [-0.3, -0.25) is 9.69 Å². The minimum absolute atomic E-state index is 0.113. The predicted molar refractivity (Wildman–Crippen MR) is 121 cm³/mol. The van der Waals surface area contributed by atoms with E-state index in [1.807, 2.05) is 0 Å². The summed E-state index contributed by atoms with van der Waals surface area (Å²) in [5.74, 6) is -1.78. The molecule has 2 heterocycles. The molecular weight excluding hydrogens is 487 g/mol. The lowest BCUT2D eigenvalue weighted by molar-refractivity contribution is -0.113. The summed E-state index contributed by atoms with van der Waals surface area (Å²) < 4.78 is 33.0. The molecule has 0 spiro atoms. The first-order valence-electron chi connectivity index (χ1n) is 8.51. The second-order valence-electron chi connectivity index (χ2n) is 6.08. The fraction of sp³-hybridized carbons (Fsp3) is 0. The molecule has 0 saturated carbocycles. The first-order valence-corrected chi connectivity index (χ1v) is 10.5. The molecule has 1 aliphatic rings. The van der Waals surface area contributed by atoms with Crippen molar-refractivity contribution in [3.63, 3.8) is 0 Å². The number of thiocarbonyl (C=S) groups is 1. The normalized spacial score (nSPS) is 15.1. The van der Waals surface area contributed by atoms with Crippen LogP contribution in [0.15, 0.2) is 53.6 Å². The van der Waals surface area contributed by atoms with Crippen molar-refractivity contribution in [3.8, 4) is 11.6 Å². The molecule has 4 rings (SSSR count). The Morgan fingerprint density at radius 2 is 1.94 bits per heavy atom. The Morgan fingerprint density at radius 3 is 2.71 bits per heavy atom. The average Bonchev–Trinajstić information content (AvgIpc) is 3.00. The van der Waals surface area contributed by atoms with Gasteiger partial charge in [0.15, 0.2) is 4.32 Å². The van der Waals surface area contributed by atoms with Gasteiger partial charge in [-0.15, -0.1) is 0 Å². The molecule has 0 unspecified atom stereocenters. The minimum Gasteiger partial charge on any atom is -0.436 e. The van der Waals surface area contributed by atoms with E-state index in [0.717, 1.165) is 18.0 Å². The average molecular weight is 496 g/mol. The van der Waals surface area contributed by atoms with Gasteiger partial charge in [0.05, 0.1) is 21.8 Å². The van der Waals surface area contributed by atoms with E-state index in [-0.39, 0.29) is 32.2 Å². The van der Waals surface area contributed by atoms with Crippen molar-refractivity contribution in [2.45, 2.75) is 0 Å². The topological polar surface area (TPSA) is 55.3 Å². The molecule has 0 aliphatic carbocycles. The van der Waals surface area contributed by atoms with Crippen LogP contribution in [0.25, 0.3) is 6.08 Å². The van der Waals surface area contributed by atoms with E-state index in [0.29, 0.717) is 16.2 Å². The number of ether oxygens (including phenoxy) is 1. The third kappa shape index (κ3) is 4.69. The summed E-state index contributed by atoms with van der Waals surface area (Å²) >= 11 is 17.9. The fourth-order valence-corrected chi connectivity index (χ4v) is 4.25. The van der Waals surface area contributed by atoms with E-state index in [9.17, 15) is 13.6 Å². The Morgan fingerprint density at radius 1 is 1.13 bits per heavy atom. The maximum Gasteiger partial charge on any atom is 0.270 e. The maximum atomic E-state index is 13.8. The molecule has 0 atom stereocenters. The summed E-state index contributed by atoms with van der Waals surface area (Å²) in [6, 6.07) is 10.5. The van der Waals surface area contributed by atoms with E-state index >= 15 is 0 Å². The standard InChI is InChI=1S/C20H9Cl2F2N3O2S2/c21-13-8-11(4-5-14(13)23)27-18(28)16(31-20(27)30)7-10-2-1-3-12(6-10)29-17-15(24)9-25-19(22)26-17/h1-9H/b16-7+. The number of hydrogen-bond donors (Lipinski definition) is 0. The van der Waals surface area contributed by atoms with Crippen LogP contribution in [-0.2, 0) is 4.79 Å². The highest BCUT2D eigenvalue weighted by atomic mass is 35.5.